The van der Waals surface area contributed by atoms with Crippen molar-refractivity contribution in [1.29, 1.82) is 0 Å². The Morgan fingerprint density at radius 3 is 1.58 bits per heavy atom. The summed E-state index contributed by atoms with van der Waals surface area (Å²) in [6.07, 6.45) is 5.29. The van der Waals surface area contributed by atoms with E-state index in [1.807, 2.05) is 0 Å². The van der Waals surface area contributed by atoms with Crippen LogP contribution in [0.3, 0.4) is 0 Å². The van der Waals surface area contributed by atoms with Crippen LogP contribution in [0.15, 0.2) is 0 Å². The average Bonchev–Trinajstić information content (AvgIpc) is 2.14. The van der Waals surface area contributed by atoms with Gasteiger partial charge in [-0.05, 0) is 26.6 Å². The molecule has 0 unspecified atom stereocenters. The van der Waals surface area contributed by atoms with E-state index < -0.39 is 0 Å². The van der Waals surface area contributed by atoms with Crippen molar-refractivity contribution in [2.45, 2.75) is 53.4 Å². The molecule has 1 heteroatoms. The minimum Gasteiger partial charge on any atom is -0.307 e. The van der Waals surface area contributed by atoms with Gasteiger partial charge in [-0.2, -0.15) is 0 Å². The molecule has 0 aliphatic carbocycles. The molecule has 0 amide bonds. The fraction of sp³-hybridized carbons (Fsp3) is 1.00. The van der Waals surface area contributed by atoms with Gasteiger partial charge in [-0.3, -0.25) is 0 Å². The zero-order valence-electron chi connectivity index (χ0n) is 9.69. The van der Waals surface area contributed by atoms with Gasteiger partial charge in [0.05, 0.1) is 0 Å². The average molecular weight is 173 g/mol. The lowest BCUT2D eigenvalue weighted by Crippen LogP contribution is -2.18. The summed E-state index contributed by atoms with van der Waals surface area (Å²) in [5.74, 6) is 0. The second-order valence-corrected chi connectivity index (χ2v) is 3.25. The lowest BCUT2D eigenvalue weighted by molar-refractivity contribution is 0.346. The molecule has 1 nitrogen and oxygen atoms in total. The fourth-order valence-corrected chi connectivity index (χ4v) is 0.586. The summed E-state index contributed by atoms with van der Waals surface area (Å²) < 4.78 is 0. The first-order chi connectivity index (χ1) is 5.72. The monoisotopic (exact) mass is 173 g/mol. The van der Waals surface area contributed by atoms with Crippen LogP contribution in [-0.4, -0.2) is 25.0 Å². The molecule has 0 heterocycles. The van der Waals surface area contributed by atoms with E-state index >= 15 is 0 Å². The fourth-order valence-electron chi connectivity index (χ4n) is 0.586. The Balaban J connectivity index is 0. The van der Waals surface area contributed by atoms with Gasteiger partial charge in [-0.25, -0.2) is 0 Å². The van der Waals surface area contributed by atoms with Gasteiger partial charge < -0.3 is 4.90 Å². The molecule has 0 aliphatic rings. The summed E-state index contributed by atoms with van der Waals surface area (Å²) in [5, 5.41) is 0. The highest BCUT2D eigenvalue weighted by atomic mass is 15.1. The molecule has 0 aromatic rings. The van der Waals surface area contributed by atoms with Crippen molar-refractivity contribution < 1.29 is 0 Å². The summed E-state index contributed by atoms with van der Waals surface area (Å²) in [4.78, 5) is 2.34. The Morgan fingerprint density at radius 1 is 0.833 bits per heavy atom. The van der Waals surface area contributed by atoms with E-state index in [4.69, 9.17) is 0 Å². The Hall–Kier alpha value is -0.0400. The van der Waals surface area contributed by atoms with Gasteiger partial charge in [0.1, 0.15) is 0 Å². The molecule has 0 aromatic carbocycles. The molecule has 0 spiro atoms. The zero-order valence-corrected chi connectivity index (χ0v) is 9.69. The van der Waals surface area contributed by atoms with E-state index in [-0.39, 0.29) is 0 Å². The Kier molecular flexibility index (Phi) is 16.3. The molecule has 0 saturated carbocycles. The van der Waals surface area contributed by atoms with Crippen LogP contribution in [0, 0.1) is 0 Å². The standard InChI is InChI=1S/C7H17N.C4H10/c1-4-6-7-8(3)5-2;1-3-4-2/h4-7H2,1-3H3;3-4H2,1-2H3. The Labute approximate surface area is 79.2 Å². The quantitative estimate of drug-likeness (QED) is 0.614. The predicted molar refractivity (Wildman–Crippen MR) is 58.7 cm³/mol. The van der Waals surface area contributed by atoms with Crippen molar-refractivity contribution in [3.8, 4) is 0 Å². The van der Waals surface area contributed by atoms with Gasteiger partial charge >= 0.3 is 0 Å². The minimum absolute atomic E-state index is 1.18. The largest absolute Gasteiger partial charge is 0.307 e. The second kappa shape index (κ2) is 13.5. The van der Waals surface area contributed by atoms with Crippen molar-refractivity contribution in [1.82, 2.24) is 4.90 Å². The van der Waals surface area contributed by atoms with E-state index in [0.29, 0.717) is 0 Å². The first kappa shape index (κ1) is 14.5. The summed E-state index contributed by atoms with van der Waals surface area (Å²) >= 11 is 0. The van der Waals surface area contributed by atoms with E-state index in [2.05, 4.69) is 39.6 Å². The number of hydrogen-bond acceptors (Lipinski definition) is 1. The molecular formula is C11H27N. The normalized spacial score (nSPS) is 9.50. The molecule has 0 atom stereocenters. The summed E-state index contributed by atoms with van der Waals surface area (Å²) in [5.41, 5.74) is 0. The van der Waals surface area contributed by atoms with Crippen molar-refractivity contribution in [3.63, 3.8) is 0 Å². The Morgan fingerprint density at radius 2 is 1.33 bits per heavy atom. The molecule has 0 saturated heterocycles. The third-order valence-electron chi connectivity index (χ3n) is 1.93. The number of hydrogen-bond donors (Lipinski definition) is 0. The summed E-state index contributed by atoms with van der Waals surface area (Å²) in [6.45, 7) is 11.2. The van der Waals surface area contributed by atoms with Crippen LogP contribution in [0.1, 0.15) is 53.4 Å². The molecule has 12 heavy (non-hydrogen) atoms. The molecule has 0 bridgehead atoms. The van der Waals surface area contributed by atoms with Crippen LogP contribution in [0.4, 0.5) is 0 Å². The first-order valence-corrected chi connectivity index (χ1v) is 5.41. The highest BCUT2D eigenvalue weighted by molar-refractivity contribution is 4.44. The maximum Gasteiger partial charge on any atom is -0.00220 e. The van der Waals surface area contributed by atoms with Crippen molar-refractivity contribution in [2.75, 3.05) is 20.1 Å². The van der Waals surface area contributed by atoms with Crippen LogP contribution in [0.25, 0.3) is 0 Å². The lowest BCUT2D eigenvalue weighted by atomic mass is 10.3. The van der Waals surface area contributed by atoms with Crippen LogP contribution >= 0.6 is 0 Å². The third-order valence-corrected chi connectivity index (χ3v) is 1.93. The molecule has 0 rings (SSSR count). The topological polar surface area (TPSA) is 3.24 Å². The highest BCUT2D eigenvalue weighted by Crippen LogP contribution is 1.89. The zero-order chi connectivity index (χ0) is 9.82. The number of rotatable bonds is 5. The predicted octanol–water partition coefficient (Wildman–Crippen LogP) is 3.54. The number of unbranched alkanes of at least 4 members (excludes halogenated alkanes) is 2. The molecular weight excluding hydrogens is 146 g/mol. The van der Waals surface area contributed by atoms with Gasteiger partial charge in [-0.1, -0.05) is 47.0 Å². The van der Waals surface area contributed by atoms with E-state index in [1.54, 1.807) is 0 Å². The van der Waals surface area contributed by atoms with Crippen molar-refractivity contribution in [3.05, 3.63) is 0 Å². The maximum atomic E-state index is 2.34. The Bertz CT molecular complexity index is 60.0. The van der Waals surface area contributed by atoms with Gasteiger partial charge in [0.2, 0.25) is 0 Å². The molecule has 0 radical (unpaired) electrons. The highest BCUT2D eigenvalue weighted by Gasteiger charge is 1.89. The third kappa shape index (κ3) is 16.5. The van der Waals surface area contributed by atoms with E-state index in [1.165, 1.54) is 38.8 Å². The van der Waals surface area contributed by atoms with Gasteiger partial charge in [0.25, 0.3) is 0 Å². The molecule has 76 valence electrons. The SMILES string of the molecule is CCCC.CCCCN(C)CC. The van der Waals surface area contributed by atoms with E-state index in [9.17, 15) is 0 Å². The minimum atomic E-state index is 1.18. The number of nitrogens with zero attached hydrogens (tertiary/aromatic N) is 1. The van der Waals surface area contributed by atoms with Crippen molar-refractivity contribution in [2.24, 2.45) is 0 Å². The molecule has 0 N–H and O–H groups in total. The van der Waals surface area contributed by atoms with Crippen molar-refractivity contribution >= 4 is 0 Å². The first-order valence-electron chi connectivity index (χ1n) is 5.41. The molecule has 0 aliphatic heterocycles. The smallest absolute Gasteiger partial charge is 0.00220 e. The van der Waals surface area contributed by atoms with Gasteiger partial charge in [0, 0.05) is 0 Å². The molecule has 0 aromatic heterocycles. The summed E-state index contributed by atoms with van der Waals surface area (Å²) in [7, 11) is 2.16. The lowest BCUT2D eigenvalue weighted by Gasteiger charge is -2.11. The summed E-state index contributed by atoms with van der Waals surface area (Å²) in [6, 6.07) is 0. The van der Waals surface area contributed by atoms with Gasteiger partial charge in [0.15, 0.2) is 0 Å². The van der Waals surface area contributed by atoms with Crippen LogP contribution in [0.2, 0.25) is 0 Å². The van der Waals surface area contributed by atoms with Gasteiger partial charge in [-0.15, -0.1) is 0 Å². The van der Waals surface area contributed by atoms with Crippen LogP contribution < -0.4 is 0 Å². The van der Waals surface area contributed by atoms with Crippen LogP contribution in [-0.2, 0) is 0 Å². The van der Waals surface area contributed by atoms with Crippen LogP contribution in [0.5, 0.6) is 0 Å². The molecule has 0 fully saturated rings. The van der Waals surface area contributed by atoms with E-state index in [0.717, 1.165) is 0 Å². The second-order valence-electron chi connectivity index (χ2n) is 3.25. The maximum absolute atomic E-state index is 2.34.